The van der Waals surface area contributed by atoms with Gasteiger partial charge in [0.25, 0.3) is 5.91 Å². The molecule has 0 fully saturated rings. The molecule has 0 aliphatic carbocycles. The van der Waals surface area contributed by atoms with Crippen LogP contribution in [0.5, 0.6) is 0 Å². The van der Waals surface area contributed by atoms with E-state index in [9.17, 15) is 14.9 Å². The minimum absolute atomic E-state index is 0.123. The number of hydrogen-bond donors (Lipinski definition) is 2. The van der Waals surface area contributed by atoms with Crippen LogP contribution in [-0.2, 0) is 9.53 Å². The summed E-state index contributed by atoms with van der Waals surface area (Å²) in [6.07, 6.45) is 0.508. The second kappa shape index (κ2) is 11.3. The third-order valence-electron chi connectivity index (χ3n) is 4.06. The molecule has 7 heteroatoms. The van der Waals surface area contributed by atoms with Crippen LogP contribution in [0.2, 0.25) is 0 Å². The number of ether oxygens (including phenoxy) is 1. The molecular weight excluding hydrogens is 368 g/mol. The molecule has 0 aromatic heterocycles. The van der Waals surface area contributed by atoms with Crippen molar-refractivity contribution in [1.29, 1.82) is 5.26 Å². The van der Waals surface area contributed by atoms with Crippen molar-refractivity contribution in [2.75, 3.05) is 19.7 Å². The molecule has 0 unspecified atom stereocenters. The number of rotatable bonds is 8. The highest BCUT2D eigenvalue weighted by atomic mass is 16.6. The molecule has 2 rings (SSSR count). The van der Waals surface area contributed by atoms with Crippen LogP contribution in [0.3, 0.4) is 0 Å². The Morgan fingerprint density at radius 3 is 2.14 bits per heavy atom. The summed E-state index contributed by atoms with van der Waals surface area (Å²) in [5.74, 6) is -0.600. The molecule has 0 bridgehead atoms. The number of carbonyl (C=O) groups is 2. The predicted molar refractivity (Wildman–Crippen MR) is 109 cm³/mol. The number of carbonyl (C=O) groups excluding carboxylic acids is 2. The predicted octanol–water partition coefficient (Wildman–Crippen LogP) is 2.72. The van der Waals surface area contributed by atoms with Crippen LogP contribution < -0.4 is 11.1 Å². The fraction of sp³-hybridized carbons (Fsp3) is 0.227. The van der Waals surface area contributed by atoms with Crippen molar-refractivity contribution in [2.24, 2.45) is 5.73 Å². The van der Waals surface area contributed by atoms with Crippen molar-refractivity contribution in [3.8, 4) is 6.07 Å². The lowest BCUT2D eigenvalue weighted by Crippen LogP contribution is -2.34. The van der Waals surface area contributed by atoms with Crippen molar-refractivity contribution < 1.29 is 14.3 Å². The van der Waals surface area contributed by atoms with Crippen molar-refractivity contribution in [1.82, 2.24) is 10.2 Å². The van der Waals surface area contributed by atoms with Crippen LogP contribution in [0.15, 0.2) is 72.4 Å². The van der Waals surface area contributed by atoms with E-state index >= 15 is 0 Å². The van der Waals surface area contributed by atoms with Gasteiger partial charge < -0.3 is 15.8 Å². The number of nitriles is 1. The molecule has 2 aromatic carbocycles. The molecule has 0 heterocycles. The number of nitrogens with one attached hydrogen (secondary N) is 1. The van der Waals surface area contributed by atoms with E-state index in [-0.39, 0.29) is 25.3 Å². The monoisotopic (exact) mass is 392 g/mol. The fourth-order valence-electron chi connectivity index (χ4n) is 2.71. The van der Waals surface area contributed by atoms with E-state index in [0.29, 0.717) is 0 Å². The van der Waals surface area contributed by atoms with E-state index in [1.807, 2.05) is 66.7 Å². The third kappa shape index (κ3) is 6.19. The maximum atomic E-state index is 12.8. The lowest BCUT2D eigenvalue weighted by atomic mass is 9.98. The zero-order valence-electron chi connectivity index (χ0n) is 16.2. The minimum atomic E-state index is -0.666. The van der Waals surface area contributed by atoms with E-state index in [2.05, 4.69) is 5.32 Å². The molecule has 150 valence electrons. The van der Waals surface area contributed by atoms with Gasteiger partial charge in [0.15, 0.2) is 0 Å². The lowest BCUT2D eigenvalue weighted by Gasteiger charge is -2.21. The standard InChI is InChI=1S/C22H24N4O3/c1-2-29-22(28)26(14-13-23)16-19(15-24)21(27)25-20(17-9-5-3-6-10-17)18-11-7-4-8-12-18/h3-12,16,20H,2,13-14,23H2,1H3,(H,25,27)/b19-16-. The van der Waals surface area contributed by atoms with Crippen LogP contribution in [0.25, 0.3) is 0 Å². The first-order chi connectivity index (χ1) is 14.1. The Morgan fingerprint density at radius 2 is 1.69 bits per heavy atom. The highest BCUT2D eigenvalue weighted by molar-refractivity contribution is 5.98. The average molecular weight is 392 g/mol. The van der Waals surface area contributed by atoms with Crippen LogP contribution in [-0.4, -0.2) is 36.6 Å². The summed E-state index contributed by atoms with van der Waals surface area (Å²) in [7, 11) is 0. The van der Waals surface area contributed by atoms with Gasteiger partial charge in [-0.15, -0.1) is 0 Å². The number of amides is 2. The van der Waals surface area contributed by atoms with Crippen molar-refractivity contribution in [3.05, 3.63) is 83.6 Å². The largest absolute Gasteiger partial charge is 0.449 e. The smallest absolute Gasteiger partial charge is 0.413 e. The van der Waals surface area contributed by atoms with E-state index in [4.69, 9.17) is 10.5 Å². The van der Waals surface area contributed by atoms with Crippen molar-refractivity contribution >= 4 is 12.0 Å². The Balaban J connectivity index is 2.31. The van der Waals surface area contributed by atoms with Crippen LogP contribution >= 0.6 is 0 Å². The lowest BCUT2D eigenvalue weighted by molar-refractivity contribution is -0.117. The van der Waals surface area contributed by atoms with E-state index < -0.39 is 18.0 Å². The number of hydrogen-bond acceptors (Lipinski definition) is 5. The highest BCUT2D eigenvalue weighted by Gasteiger charge is 2.21. The second-order valence-electron chi connectivity index (χ2n) is 6.06. The van der Waals surface area contributed by atoms with Crippen molar-refractivity contribution in [2.45, 2.75) is 13.0 Å². The summed E-state index contributed by atoms with van der Waals surface area (Å²) < 4.78 is 4.95. The van der Waals surface area contributed by atoms with Gasteiger partial charge in [0.05, 0.1) is 12.6 Å². The zero-order valence-corrected chi connectivity index (χ0v) is 16.2. The summed E-state index contributed by atoms with van der Waals surface area (Å²) in [5.41, 5.74) is 7.05. The molecule has 3 N–H and O–H groups in total. The summed E-state index contributed by atoms with van der Waals surface area (Å²) in [6, 6.07) is 20.3. The van der Waals surface area contributed by atoms with Gasteiger partial charge in [-0.3, -0.25) is 9.69 Å². The minimum Gasteiger partial charge on any atom is -0.449 e. The first-order valence-corrected chi connectivity index (χ1v) is 9.26. The highest BCUT2D eigenvalue weighted by Crippen LogP contribution is 2.22. The molecule has 29 heavy (non-hydrogen) atoms. The van der Waals surface area contributed by atoms with Gasteiger partial charge in [-0.05, 0) is 18.1 Å². The Hall–Kier alpha value is -3.63. The molecule has 7 nitrogen and oxygen atoms in total. The summed E-state index contributed by atoms with van der Waals surface area (Å²) in [6.45, 7) is 2.13. The Kier molecular flexibility index (Phi) is 8.42. The topological polar surface area (TPSA) is 108 Å². The maximum Gasteiger partial charge on any atom is 0.413 e. The number of nitrogens with zero attached hydrogens (tertiary/aromatic N) is 2. The van der Waals surface area contributed by atoms with Gasteiger partial charge in [0, 0.05) is 19.3 Å². The fourth-order valence-corrected chi connectivity index (χ4v) is 2.71. The molecule has 0 aliphatic rings. The molecule has 0 radical (unpaired) electrons. The van der Waals surface area contributed by atoms with Gasteiger partial charge in [-0.1, -0.05) is 60.7 Å². The summed E-state index contributed by atoms with van der Waals surface area (Å²) in [5, 5.41) is 12.4. The van der Waals surface area contributed by atoms with Crippen molar-refractivity contribution in [3.63, 3.8) is 0 Å². The number of benzene rings is 2. The zero-order chi connectivity index (χ0) is 21.1. The van der Waals surface area contributed by atoms with Crippen LogP contribution in [0.4, 0.5) is 4.79 Å². The van der Waals surface area contributed by atoms with Crippen LogP contribution in [0, 0.1) is 11.3 Å². The van der Waals surface area contributed by atoms with Gasteiger partial charge in [0.1, 0.15) is 11.6 Å². The Labute approximate surface area is 170 Å². The first kappa shape index (κ1) is 21.7. The molecular formula is C22H24N4O3. The van der Waals surface area contributed by atoms with Crippen LogP contribution in [0.1, 0.15) is 24.1 Å². The quantitative estimate of drug-likeness (QED) is 0.530. The van der Waals surface area contributed by atoms with Gasteiger partial charge >= 0.3 is 6.09 Å². The van der Waals surface area contributed by atoms with E-state index in [0.717, 1.165) is 16.0 Å². The second-order valence-corrected chi connectivity index (χ2v) is 6.06. The van der Waals surface area contributed by atoms with E-state index in [1.165, 1.54) is 6.20 Å². The third-order valence-corrected chi connectivity index (χ3v) is 4.06. The Bertz CT molecular complexity index is 836. The summed E-state index contributed by atoms with van der Waals surface area (Å²) >= 11 is 0. The molecule has 0 saturated heterocycles. The molecule has 0 spiro atoms. The van der Waals surface area contributed by atoms with E-state index in [1.54, 1.807) is 6.92 Å². The Morgan fingerprint density at radius 1 is 1.14 bits per heavy atom. The van der Waals surface area contributed by atoms with Gasteiger partial charge in [-0.25, -0.2) is 4.79 Å². The van der Waals surface area contributed by atoms with Gasteiger partial charge in [-0.2, -0.15) is 5.26 Å². The summed E-state index contributed by atoms with van der Waals surface area (Å²) in [4.78, 5) is 26.0. The molecule has 0 saturated carbocycles. The van der Waals surface area contributed by atoms with Gasteiger partial charge in [0.2, 0.25) is 0 Å². The maximum absolute atomic E-state index is 12.8. The first-order valence-electron chi connectivity index (χ1n) is 9.26. The molecule has 2 aromatic rings. The molecule has 2 amide bonds. The SMILES string of the molecule is CCOC(=O)N(/C=C(/C#N)C(=O)NC(c1ccccc1)c1ccccc1)CCN. The normalized spacial score (nSPS) is 10.9. The molecule has 0 aliphatic heterocycles. The molecule has 0 atom stereocenters. The average Bonchev–Trinajstić information content (AvgIpc) is 2.76. The number of nitrogens with two attached hydrogens (primary N) is 1.